The Morgan fingerprint density at radius 3 is 2.78 bits per heavy atom. The molecule has 4 rings (SSSR count). The Balaban J connectivity index is 1.29. The molecule has 0 unspecified atom stereocenters. The highest BCUT2D eigenvalue weighted by molar-refractivity contribution is 8.01. The second-order valence-corrected chi connectivity index (χ2v) is 8.22. The third-order valence-electron chi connectivity index (χ3n) is 3.61. The lowest BCUT2D eigenvalue weighted by Gasteiger charge is -2.00. The van der Waals surface area contributed by atoms with Gasteiger partial charge in [-0.25, -0.2) is 4.98 Å². The lowest BCUT2D eigenvalue weighted by molar-refractivity contribution is -0.118. The van der Waals surface area contributed by atoms with Crippen LogP contribution in [0.2, 0.25) is 5.02 Å². The summed E-state index contributed by atoms with van der Waals surface area (Å²) in [4.78, 5) is 20.8. The van der Waals surface area contributed by atoms with Crippen molar-refractivity contribution in [2.24, 2.45) is 0 Å². The molecule has 2 aromatic heterocycles. The van der Waals surface area contributed by atoms with Gasteiger partial charge in [-0.15, -0.1) is 11.3 Å². The fourth-order valence-electron chi connectivity index (χ4n) is 2.31. The van der Waals surface area contributed by atoms with Crippen LogP contribution in [0, 0.1) is 0 Å². The van der Waals surface area contributed by atoms with Gasteiger partial charge in [0.05, 0.1) is 22.5 Å². The van der Waals surface area contributed by atoms with E-state index in [0.717, 1.165) is 20.1 Å². The SMILES string of the molecule is O=C(CSc1nc2ccccc2s1)NCc1nc(-c2ccc(Cl)cc2)no1. The van der Waals surface area contributed by atoms with Gasteiger partial charge < -0.3 is 9.84 Å². The summed E-state index contributed by atoms with van der Waals surface area (Å²) in [5, 5.41) is 7.33. The van der Waals surface area contributed by atoms with E-state index >= 15 is 0 Å². The number of carbonyl (C=O) groups is 1. The molecule has 6 nitrogen and oxygen atoms in total. The van der Waals surface area contributed by atoms with Crippen molar-refractivity contribution in [3.8, 4) is 11.4 Å². The number of rotatable bonds is 6. The molecule has 2 heterocycles. The molecule has 0 aliphatic rings. The highest BCUT2D eigenvalue weighted by Gasteiger charge is 2.11. The molecule has 0 atom stereocenters. The number of hydrogen-bond donors (Lipinski definition) is 1. The largest absolute Gasteiger partial charge is 0.346 e. The number of halogens is 1. The highest BCUT2D eigenvalue weighted by Crippen LogP contribution is 2.29. The van der Waals surface area contributed by atoms with Gasteiger partial charge in [0.2, 0.25) is 17.6 Å². The quantitative estimate of drug-likeness (QED) is 0.469. The molecule has 0 spiro atoms. The highest BCUT2D eigenvalue weighted by atomic mass is 35.5. The Morgan fingerprint density at radius 2 is 1.96 bits per heavy atom. The van der Waals surface area contributed by atoms with Crippen LogP contribution in [0.3, 0.4) is 0 Å². The van der Waals surface area contributed by atoms with Crippen LogP contribution < -0.4 is 5.32 Å². The van der Waals surface area contributed by atoms with E-state index in [1.165, 1.54) is 11.8 Å². The Bertz CT molecular complexity index is 1050. The van der Waals surface area contributed by atoms with Gasteiger partial charge in [-0.2, -0.15) is 4.98 Å². The summed E-state index contributed by atoms with van der Waals surface area (Å²) in [6.45, 7) is 0.180. The predicted octanol–water partition coefficient (Wildman–Crippen LogP) is 4.41. The number of thiazole rings is 1. The van der Waals surface area contributed by atoms with E-state index in [9.17, 15) is 4.79 Å². The van der Waals surface area contributed by atoms with E-state index in [1.54, 1.807) is 23.5 Å². The number of fused-ring (bicyclic) bond motifs is 1. The molecule has 1 amide bonds. The fourth-order valence-corrected chi connectivity index (χ4v) is 4.33. The first kappa shape index (κ1) is 18.0. The van der Waals surface area contributed by atoms with Crippen LogP contribution in [0.5, 0.6) is 0 Å². The van der Waals surface area contributed by atoms with Crippen molar-refractivity contribution < 1.29 is 9.32 Å². The zero-order chi connectivity index (χ0) is 18.6. The van der Waals surface area contributed by atoms with Crippen LogP contribution in [-0.2, 0) is 11.3 Å². The standard InChI is InChI=1S/C18H13ClN4O2S2/c19-12-7-5-11(6-8-12)17-22-16(25-23-17)9-20-15(24)10-26-18-21-13-3-1-2-4-14(13)27-18/h1-8H,9-10H2,(H,20,24). The summed E-state index contributed by atoms with van der Waals surface area (Å²) in [6.07, 6.45) is 0. The third-order valence-corrected chi connectivity index (χ3v) is 6.04. The van der Waals surface area contributed by atoms with E-state index in [-0.39, 0.29) is 18.2 Å². The monoisotopic (exact) mass is 416 g/mol. The van der Waals surface area contributed by atoms with Gasteiger partial charge in [0.1, 0.15) is 0 Å². The Labute approximate surface area is 168 Å². The molecule has 0 aliphatic heterocycles. The van der Waals surface area contributed by atoms with Gasteiger partial charge in [0.15, 0.2) is 4.34 Å². The van der Waals surface area contributed by atoms with Crippen molar-refractivity contribution in [2.75, 3.05) is 5.75 Å². The van der Waals surface area contributed by atoms with Crippen LogP contribution >= 0.6 is 34.7 Å². The van der Waals surface area contributed by atoms with Gasteiger partial charge >= 0.3 is 0 Å². The summed E-state index contributed by atoms with van der Waals surface area (Å²) < 4.78 is 7.16. The minimum Gasteiger partial charge on any atom is -0.346 e. The predicted molar refractivity (Wildman–Crippen MR) is 107 cm³/mol. The van der Waals surface area contributed by atoms with E-state index in [0.29, 0.717) is 16.7 Å². The zero-order valence-electron chi connectivity index (χ0n) is 13.9. The van der Waals surface area contributed by atoms with E-state index < -0.39 is 0 Å². The number of para-hydroxylation sites is 1. The van der Waals surface area contributed by atoms with Crippen molar-refractivity contribution >= 4 is 50.8 Å². The summed E-state index contributed by atoms with van der Waals surface area (Å²) in [5.74, 6) is 0.960. The smallest absolute Gasteiger partial charge is 0.246 e. The summed E-state index contributed by atoms with van der Waals surface area (Å²) in [6, 6.07) is 15.0. The molecule has 27 heavy (non-hydrogen) atoms. The lowest BCUT2D eigenvalue weighted by atomic mass is 10.2. The normalized spacial score (nSPS) is 11.0. The first-order chi connectivity index (χ1) is 13.2. The average Bonchev–Trinajstić information content (AvgIpc) is 3.32. The molecule has 0 aliphatic carbocycles. The third kappa shape index (κ3) is 4.47. The van der Waals surface area contributed by atoms with Crippen LogP contribution in [0.4, 0.5) is 0 Å². The molecule has 1 N–H and O–H groups in total. The van der Waals surface area contributed by atoms with Crippen molar-refractivity contribution in [2.45, 2.75) is 10.9 Å². The Hall–Kier alpha value is -2.42. The zero-order valence-corrected chi connectivity index (χ0v) is 16.3. The number of thioether (sulfide) groups is 1. The van der Waals surface area contributed by atoms with E-state index in [4.69, 9.17) is 16.1 Å². The molecule has 136 valence electrons. The van der Waals surface area contributed by atoms with Gasteiger partial charge in [0.25, 0.3) is 0 Å². The minimum absolute atomic E-state index is 0.120. The number of amides is 1. The molecular formula is C18H13ClN4O2S2. The molecule has 0 bridgehead atoms. The van der Waals surface area contributed by atoms with Gasteiger partial charge in [-0.05, 0) is 36.4 Å². The fraction of sp³-hybridized carbons (Fsp3) is 0.111. The van der Waals surface area contributed by atoms with Crippen LogP contribution in [0.1, 0.15) is 5.89 Å². The second-order valence-electron chi connectivity index (χ2n) is 5.53. The Kier molecular flexibility index (Phi) is 5.38. The molecule has 0 saturated heterocycles. The molecule has 0 radical (unpaired) electrons. The number of nitrogens with zero attached hydrogens (tertiary/aromatic N) is 3. The minimum atomic E-state index is -0.120. The van der Waals surface area contributed by atoms with Crippen molar-refractivity contribution in [3.05, 3.63) is 59.4 Å². The van der Waals surface area contributed by atoms with Crippen molar-refractivity contribution in [3.63, 3.8) is 0 Å². The van der Waals surface area contributed by atoms with Gasteiger partial charge in [-0.3, -0.25) is 4.79 Å². The van der Waals surface area contributed by atoms with Gasteiger partial charge in [-0.1, -0.05) is 40.7 Å². The number of benzene rings is 2. The maximum absolute atomic E-state index is 12.1. The molecule has 0 saturated carbocycles. The van der Waals surface area contributed by atoms with Crippen LogP contribution in [0.25, 0.3) is 21.6 Å². The Morgan fingerprint density at radius 1 is 1.15 bits per heavy atom. The second kappa shape index (κ2) is 8.08. The molecule has 0 fully saturated rings. The lowest BCUT2D eigenvalue weighted by Crippen LogP contribution is -2.24. The van der Waals surface area contributed by atoms with Crippen molar-refractivity contribution in [1.29, 1.82) is 0 Å². The number of hydrogen-bond acceptors (Lipinski definition) is 7. The topological polar surface area (TPSA) is 80.9 Å². The van der Waals surface area contributed by atoms with E-state index in [1.807, 2.05) is 36.4 Å². The van der Waals surface area contributed by atoms with Gasteiger partial charge in [0, 0.05) is 10.6 Å². The summed E-state index contributed by atoms with van der Waals surface area (Å²) >= 11 is 8.85. The number of aromatic nitrogens is 3. The maximum atomic E-state index is 12.1. The molecule has 2 aromatic carbocycles. The molecule has 9 heteroatoms. The van der Waals surface area contributed by atoms with E-state index in [2.05, 4.69) is 20.4 Å². The molecule has 4 aromatic rings. The first-order valence-electron chi connectivity index (χ1n) is 8.01. The van der Waals surface area contributed by atoms with Crippen LogP contribution in [-0.4, -0.2) is 26.8 Å². The maximum Gasteiger partial charge on any atom is 0.246 e. The number of nitrogens with one attached hydrogen (secondary N) is 1. The average molecular weight is 417 g/mol. The van der Waals surface area contributed by atoms with Crippen molar-refractivity contribution in [1.82, 2.24) is 20.4 Å². The summed E-state index contributed by atoms with van der Waals surface area (Å²) in [7, 11) is 0. The molecular weight excluding hydrogens is 404 g/mol. The van der Waals surface area contributed by atoms with Crippen LogP contribution in [0.15, 0.2) is 57.4 Å². The number of carbonyl (C=O) groups excluding carboxylic acids is 1. The summed E-state index contributed by atoms with van der Waals surface area (Å²) in [5.41, 5.74) is 1.75. The first-order valence-corrected chi connectivity index (χ1v) is 10.2.